The lowest BCUT2D eigenvalue weighted by atomic mass is 10.00. The quantitative estimate of drug-likeness (QED) is 0.237. The summed E-state index contributed by atoms with van der Waals surface area (Å²) in [4.78, 5) is 12.9. The summed E-state index contributed by atoms with van der Waals surface area (Å²) in [6.45, 7) is 7.82. The highest BCUT2D eigenvalue weighted by molar-refractivity contribution is 7.92. The number of methoxy groups -OCH3 is 2. The van der Waals surface area contributed by atoms with Crippen LogP contribution in [0.5, 0.6) is 11.5 Å². The Balaban J connectivity index is 1.88. The van der Waals surface area contributed by atoms with Crippen LogP contribution in [0.1, 0.15) is 48.3 Å². The van der Waals surface area contributed by atoms with E-state index in [9.17, 15) is 13.2 Å². The van der Waals surface area contributed by atoms with Crippen molar-refractivity contribution < 1.29 is 27.4 Å². The van der Waals surface area contributed by atoms with Gasteiger partial charge in [0.2, 0.25) is 0 Å². The van der Waals surface area contributed by atoms with Crippen molar-refractivity contribution in [3.05, 3.63) is 83.6 Å². The number of nitrogens with zero attached hydrogens (tertiary/aromatic N) is 2. The third-order valence-corrected chi connectivity index (χ3v) is 7.74. The molecule has 0 fully saturated rings. The molecule has 0 spiro atoms. The van der Waals surface area contributed by atoms with Crippen LogP contribution in [-0.4, -0.2) is 45.0 Å². The average molecular weight is 564 g/mol. The lowest BCUT2D eigenvalue weighted by molar-refractivity contribution is 0.0519. The molecule has 0 saturated heterocycles. The number of carbonyl (C=O) groups excluding carboxylic acids is 1. The summed E-state index contributed by atoms with van der Waals surface area (Å²) in [5.74, 6) is 0.473. The van der Waals surface area contributed by atoms with E-state index in [2.05, 4.69) is 9.82 Å². The number of esters is 1. The predicted molar refractivity (Wildman–Crippen MR) is 154 cm³/mol. The van der Waals surface area contributed by atoms with Gasteiger partial charge in [0.05, 0.1) is 42.7 Å². The third kappa shape index (κ3) is 5.81. The molecule has 0 amide bonds. The summed E-state index contributed by atoms with van der Waals surface area (Å²) < 4.78 is 46.9. The van der Waals surface area contributed by atoms with E-state index < -0.39 is 16.0 Å². The minimum Gasteiger partial charge on any atom is -0.496 e. The van der Waals surface area contributed by atoms with Crippen LogP contribution in [0.25, 0.3) is 16.9 Å². The summed E-state index contributed by atoms with van der Waals surface area (Å²) in [5, 5.41) is 4.62. The zero-order chi connectivity index (χ0) is 29.0. The second-order valence-corrected chi connectivity index (χ2v) is 11.1. The molecule has 3 aromatic carbocycles. The van der Waals surface area contributed by atoms with Gasteiger partial charge in [-0.2, -0.15) is 5.10 Å². The monoisotopic (exact) mass is 563 g/mol. The molecule has 40 heavy (non-hydrogen) atoms. The maximum atomic E-state index is 13.1. The molecule has 0 radical (unpaired) electrons. The highest BCUT2D eigenvalue weighted by Gasteiger charge is 2.25. The molecule has 210 valence electrons. The average Bonchev–Trinajstić information content (AvgIpc) is 3.37. The van der Waals surface area contributed by atoms with Crippen molar-refractivity contribution in [2.75, 3.05) is 25.5 Å². The Morgan fingerprint density at radius 1 is 0.975 bits per heavy atom. The Morgan fingerprint density at radius 2 is 1.62 bits per heavy atom. The zero-order valence-electron chi connectivity index (χ0n) is 23.4. The van der Waals surface area contributed by atoms with Crippen LogP contribution in [0.15, 0.2) is 71.6 Å². The minimum atomic E-state index is -3.80. The minimum absolute atomic E-state index is 0.0264. The number of carbonyl (C=O) groups is 1. The number of aryl methyl sites for hydroxylation is 1. The van der Waals surface area contributed by atoms with Crippen LogP contribution >= 0.6 is 0 Å². The summed E-state index contributed by atoms with van der Waals surface area (Å²) in [6, 6.07) is 18.9. The van der Waals surface area contributed by atoms with E-state index in [1.165, 1.54) is 0 Å². The Labute approximate surface area is 234 Å². The van der Waals surface area contributed by atoms with Crippen LogP contribution in [0, 0.1) is 6.92 Å². The smallest absolute Gasteiger partial charge is 0.358 e. The van der Waals surface area contributed by atoms with E-state index >= 15 is 0 Å². The SMILES string of the molecule is CCOC(=O)c1cc(-c2c(OC)cccc2OC)n(-c2ccc(NS(=O)(=O)c3ccc(C)cc3)cc2C(C)C)n1. The van der Waals surface area contributed by atoms with Crippen molar-refractivity contribution in [2.24, 2.45) is 0 Å². The first-order valence-corrected chi connectivity index (χ1v) is 14.3. The van der Waals surface area contributed by atoms with Crippen LogP contribution in [0.3, 0.4) is 0 Å². The Bertz CT molecular complexity index is 1600. The van der Waals surface area contributed by atoms with Crippen molar-refractivity contribution in [3.63, 3.8) is 0 Å². The Kier molecular flexibility index (Phi) is 8.49. The molecule has 1 aromatic heterocycles. The molecule has 4 rings (SSSR count). The molecular weight excluding hydrogens is 530 g/mol. The van der Waals surface area contributed by atoms with Gasteiger partial charge in [-0.1, -0.05) is 37.6 Å². The molecule has 0 saturated carbocycles. The predicted octanol–water partition coefficient (Wildman–Crippen LogP) is 5.97. The van der Waals surface area contributed by atoms with Crippen LogP contribution in [0.2, 0.25) is 0 Å². The number of rotatable bonds is 10. The molecule has 0 aliphatic heterocycles. The van der Waals surface area contributed by atoms with E-state index in [1.807, 2.05) is 26.8 Å². The number of benzene rings is 3. The van der Waals surface area contributed by atoms with Gasteiger partial charge in [-0.05, 0) is 73.9 Å². The van der Waals surface area contributed by atoms with Gasteiger partial charge in [0.15, 0.2) is 5.69 Å². The fraction of sp³-hybridized carbons (Fsp3) is 0.267. The summed E-state index contributed by atoms with van der Waals surface area (Å²) in [7, 11) is -0.689. The first kappa shape index (κ1) is 28.7. The van der Waals surface area contributed by atoms with Crippen LogP contribution in [-0.2, 0) is 14.8 Å². The maximum Gasteiger partial charge on any atom is 0.358 e. The van der Waals surface area contributed by atoms with E-state index in [1.54, 1.807) is 86.5 Å². The number of ether oxygens (including phenoxy) is 3. The second kappa shape index (κ2) is 11.8. The number of sulfonamides is 1. The van der Waals surface area contributed by atoms with Crippen molar-refractivity contribution >= 4 is 21.7 Å². The molecule has 10 heteroatoms. The zero-order valence-corrected chi connectivity index (χ0v) is 24.2. The molecular formula is C30H33N3O6S. The maximum absolute atomic E-state index is 13.1. The number of hydrogen-bond donors (Lipinski definition) is 1. The summed E-state index contributed by atoms with van der Waals surface area (Å²) in [6.07, 6.45) is 0. The third-order valence-electron chi connectivity index (χ3n) is 6.34. The highest BCUT2D eigenvalue weighted by Crippen LogP contribution is 2.41. The molecule has 0 bridgehead atoms. The van der Waals surface area contributed by atoms with Gasteiger partial charge in [0.1, 0.15) is 11.5 Å². The molecule has 9 nitrogen and oxygen atoms in total. The summed E-state index contributed by atoms with van der Waals surface area (Å²) in [5.41, 5.74) is 4.10. The number of anilines is 1. The molecule has 0 atom stereocenters. The number of hydrogen-bond acceptors (Lipinski definition) is 7. The fourth-order valence-corrected chi connectivity index (χ4v) is 5.41. The highest BCUT2D eigenvalue weighted by atomic mass is 32.2. The molecule has 0 aliphatic rings. The molecule has 1 heterocycles. The largest absolute Gasteiger partial charge is 0.496 e. The van der Waals surface area contributed by atoms with E-state index in [0.29, 0.717) is 34.1 Å². The normalized spacial score (nSPS) is 11.4. The van der Waals surface area contributed by atoms with Gasteiger partial charge < -0.3 is 14.2 Å². The molecule has 1 N–H and O–H groups in total. The molecule has 4 aromatic rings. The second-order valence-electron chi connectivity index (χ2n) is 9.43. The van der Waals surface area contributed by atoms with Crippen LogP contribution < -0.4 is 14.2 Å². The van der Waals surface area contributed by atoms with E-state index in [0.717, 1.165) is 11.1 Å². The topological polar surface area (TPSA) is 109 Å². The van der Waals surface area contributed by atoms with Crippen molar-refractivity contribution in [1.82, 2.24) is 9.78 Å². The number of nitrogens with one attached hydrogen (secondary N) is 1. The Hall–Kier alpha value is -4.31. The van der Waals surface area contributed by atoms with Crippen molar-refractivity contribution in [3.8, 4) is 28.4 Å². The Morgan fingerprint density at radius 3 is 2.20 bits per heavy atom. The van der Waals surface area contributed by atoms with E-state index in [4.69, 9.17) is 14.2 Å². The summed E-state index contributed by atoms with van der Waals surface area (Å²) >= 11 is 0. The first-order chi connectivity index (χ1) is 19.1. The lowest BCUT2D eigenvalue weighted by Crippen LogP contribution is -2.14. The number of aromatic nitrogens is 2. The van der Waals surface area contributed by atoms with Gasteiger partial charge in [-0.3, -0.25) is 4.72 Å². The standard InChI is InChI=1S/C30H33N3O6S/c1-7-39-30(34)24-18-26(29-27(37-5)9-8-10-28(29)38-6)33(31-24)25-16-13-21(17-23(25)19(2)3)32-40(35,36)22-14-11-20(4)12-15-22/h8-19,32H,7H2,1-6H3. The van der Waals surface area contributed by atoms with Gasteiger partial charge >= 0.3 is 5.97 Å². The van der Waals surface area contributed by atoms with Gasteiger partial charge in [0.25, 0.3) is 10.0 Å². The fourth-order valence-electron chi connectivity index (χ4n) is 4.36. The van der Waals surface area contributed by atoms with Crippen molar-refractivity contribution in [2.45, 2.75) is 38.5 Å². The molecule has 0 unspecified atom stereocenters. The van der Waals surface area contributed by atoms with Gasteiger partial charge in [-0.25, -0.2) is 17.9 Å². The lowest BCUT2D eigenvalue weighted by Gasteiger charge is -2.19. The van der Waals surface area contributed by atoms with Crippen molar-refractivity contribution in [1.29, 1.82) is 0 Å². The van der Waals surface area contributed by atoms with Crippen LogP contribution in [0.4, 0.5) is 5.69 Å². The van der Waals surface area contributed by atoms with Gasteiger partial charge in [0, 0.05) is 5.69 Å². The van der Waals surface area contributed by atoms with Gasteiger partial charge in [-0.15, -0.1) is 0 Å². The molecule has 0 aliphatic carbocycles. The first-order valence-electron chi connectivity index (χ1n) is 12.8. The van der Waals surface area contributed by atoms with E-state index in [-0.39, 0.29) is 23.1 Å².